The van der Waals surface area contributed by atoms with Crippen molar-refractivity contribution in [1.29, 1.82) is 0 Å². The fourth-order valence-corrected chi connectivity index (χ4v) is 14.8. The smallest absolute Gasteiger partial charge is 0.230 e. The molecule has 4 N–H and O–H groups in total. The monoisotopic (exact) mass is 1040 g/mol. The van der Waals surface area contributed by atoms with Crippen molar-refractivity contribution >= 4 is 11.9 Å². The zero-order chi connectivity index (χ0) is 53.6. The van der Waals surface area contributed by atoms with Crippen LogP contribution in [0, 0.1) is 6.92 Å². The van der Waals surface area contributed by atoms with Gasteiger partial charge in [0.15, 0.2) is 0 Å². The Hall–Kier alpha value is -1.71. The molecule has 5 aliphatic heterocycles. The summed E-state index contributed by atoms with van der Waals surface area (Å²) in [5.74, 6) is 2.44. The lowest BCUT2D eigenvalue weighted by atomic mass is 9.79. The van der Waals surface area contributed by atoms with Crippen LogP contribution in [0.2, 0.25) is 0 Å². The fraction of sp³-hybridized carbons (Fsp3) is 0.951. The number of morpholine rings is 1. The van der Waals surface area contributed by atoms with Gasteiger partial charge >= 0.3 is 0 Å². The van der Waals surface area contributed by atoms with E-state index in [4.69, 9.17) is 19.7 Å². The summed E-state index contributed by atoms with van der Waals surface area (Å²) < 4.78 is 5.59. The predicted octanol–water partition coefficient (Wildman–Crippen LogP) is 11.2. The van der Waals surface area contributed by atoms with Crippen molar-refractivity contribution in [2.45, 2.75) is 304 Å². The minimum absolute atomic E-state index is 0. The van der Waals surface area contributed by atoms with E-state index in [-0.39, 0.29) is 59.2 Å². The highest BCUT2D eigenvalue weighted by Gasteiger charge is 2.43. The largest absolute Gasteiger partial charge is 0.378 e. The third-order valence-electron chi connectivity index (χ3n) is 16.7. The molecule has 0 atom stereocenters. The van der Waals surface area contributed by atoms with E-state index in [1.165, 1.54) is 103 Å². The molecule has 5 saturated heterocycles. The minimum Gasteiger partial charge on any atom is -0.378 e. The first-order valence-corrected chi connectivity index (χ1v) is 29.2. The Labute approximate surface area is 458 Å². The van der Waals surface area contributed by atoms with Crippen molar-refractivity contribution < 1.29 is 4.74 Å². The van der Waals surface area contributed by atoms with E-state index in [2.05, 4.69) is 178 Å². The molecule has 13 heteroatoms. The first kappa shape index (κ1) is 66.6. The van der Waals surface area contributed by atoms with Gasteiger partial charge in [-0.1, -0.05) is 40.5 Å². The summed E-state index contributed by atoms with van der Waals surface area (Å²) in [5, 5.41) is 15.3. The van der Waals surface area contributed by atoms with Crippen LogP contribution in [0.3, 0.4) is 0 Å². The lowest BCUT2D eigenvalue weighted by Crippen LogP contribution is -2.62. The van der Waals surface area contributed by atoms with Crippen molar-refractivity contribution in [2.75, 3.05) is 83.4 Å². The predicted molar refractivity (Wildman–Crippen MR) is 320 cm³/mol. The number of rotatable bonds is 20. The molecule has 0 aromatic carbocycles. The maximum Gasteiger partial charge on any atom is 0.230 e. The molecule has 0 spiro atoms. The summed E-state index contributed by atoms with van der Waals surface area (Å²) in [6.07, 6.45) is 19.8. The number of ether oxygens (including phenoxy) is 1. The third-order valence-corrected chi connectivity index (χ3v) is 16.7. The average Bonchev–Trinajstić information content (AvgIpc) is 3.20. The molecule has 6 rings (SSSR count). The molecule has 5 aliphatic rings. The summed E-state index contributed by atoms with van der Waals surface area (Å²) in [4.78, 5) is 27.4. The Morgan fingerprint density at radius 2 is 0.703 bits per heavy atom. The van der Waals surface area contributed by atoms with Gasteiger partial charge in [-0.3, -0.25) is 0 Å². The van der Waals surface area contributed by atoms with Gasteiger partial charge in [0.05, 0.1) is 13.2 Å². The Balaban J connectivity index is 0.000000401. The second kappa shape index (κ2) is 27.0. The molecule has 0 aliphatic carbocycles. The molecule has 13 nitrogen and oxygen atoms in total. The summed E-state index contributed by atoms with van der Waals surface area (Å²) in [6, 6.07) is 2.43. The van der Waals surface area contributed by atoms with Gasteiger partial charge in [0.1, 0.15) is 5.82 Å². The van der Waals surface area contributed by atoms with Crippen LogP contribution in [0.4, 0.5) is 11.9 Å². The van der Waals surface area contributed by atoms with Crippen LogP contribution in [-0.2, 0) is 4.74 Å². The summed E-state index contributed by atoms with van der Waals surface area (Å²) >= 11 is 0. The lowest BCUT2D eigenvalue weighted by Gasteiger charge is -2.49. The number of unbranched alkanes of at least 4 members (excludes halogenated alkanes) is 6. The van der Waals surface area contributed by atoms with Gasteiger partial charge in [-0.25, -0.2) is 0 Å². The van der Waals surface area contributed by atoms with Crippen LogP contribution in [0.25, 0.3) is 0 Å². The van der Waals surface area contributed by atoms with Crippen LogP contribution in [-0.4, -0.2) is 172 Å². The lowest BCUT2D eigenvalue weighted by molar-refractivity contribution is 0.0782. The number of nitrogens with zero attached hydrogens (tertiary/aromatic N) is 8. The van der Waals surface area contributed by atoms with Gasteiger partial charge in [0.25, 0.3) is 0 Å². The molecular formula is C61H124N12O. The molecule has 1 aromatic rings. The van der Waals surface area contributed by atoms with E-state index < -0.39 is 0 Å². The second-order valence-corrected chi connectivity index (χ2v) is 29.4. The first-order valence-electron chi connectivity index (χ1n) is 29.2. The quantitative estimate of drug-likeness (QED) is 0.0931. The van der Waals surface area contributed by atoms with Crippen LogP contribution in [0.5, 0.6) is 0 Å². The van der Waals surface area contributed by atoms with Gasteiger partial charge in [0, 0.05) is 88.1 Å². The third kappa shape index (κ3) is 21.8. The second-order valence-electron chi connectivity index (χ2n) is 29.4. The summed E-state index contributed by atoms with van der Waals surface area (Å²) in [6.45, 7) is 47.3. The molecule has 0 unspecified atom stereocenters. The number of nitrogens with one attached hydrogen (secondary N) is 4. The van der Waals surface area contributed by atoms with Crippen molar-refractivity contribution in [3.05, 3.63) is 5.82 Å². The van der Waals surface area contributed by atoms with Gasteiger partial charge < -0.3 is 50.5 Å². The Morgan fingerprint density at radius 1 is 0.419 bits per heavy atom. The highest BCUT2D eigenvalue weighted by molar-refractivity contribution is 5.41. The number of anilines is 2. The van der Waals surface area contributed by atoms with E-state index in [1.807, 2.05) is 6.92 Å². The van der Waals surface area contributed by atoms with Crippen LogP contribution in [0.1, 0.15) is 234 Å². The molecule has 0 bridgehead atoms. The maximum atomic E-state index is 5.59. The van der Waals surface area contributed by atoms with Gasteiger partial charge in [0.2, 0.25) is 11.9 Å². The number of aryl methyl sites for hydroxylation is 1. The molecule has 6 heterocycles. The van der Waals surface area contributed by atoms with Gasteiger partial charge in [-0.15, -0.1) is 0 Å². The summed E-state index contributed by atoms with van der Waals surface area (Å²) in [7, 11) is 7.02. The molecule has 0 radical (unpaired) electrons. The first-order chi connectivity index (χ1) is 33.1. The zero-order valence-electron chi connectivity index (χ0n) is 50.8. The van der Waals surface area contributed by atoms with Gasteiger partial charge in [-0.05, 0) is 236 Å². The topological polar surface area (TPSA) is 112 Å². The normalized spacial score (nSPS) is 24.4. The highest BCUT2D eigenvalue weighted by Crippen LogP contribution is 2.36. The van der Waals surface area contributed by atoms with Crippen LogP contribution in [0.15, 0.2) is 0 Å². The molecule has 74 heavy (non-hydrogen) atoms. The molecule has 434 valence electrons. The molecule has 5 fully saturated rings. The van der Waals surface area contributed by atoms with Crippen molar-refractivity contribution in [3.63, 3.8) is 0 Å². The van der Waals surface area contributed by atoms with E-state index in [9.17, 15) is 0 Å². The highest BCUT2D eigenvalue weighted by atomic mass is 16.5. The van der Waals surface area contributed by atoms with Crippen LogP contribution < -0.4 is 31.1 Å². The molecular weight excluding hydrogens is 917 g/mol. The van der Waals surface area contributed by atoms with E-state index in [0.29, 0.717) is 24.2 Å². The summed E-state index contributed by atoms with van der Waals surface area (Å²) in [5.41, 5.74) is 1.45. The van der Waals surface area contributed by atoms with Crippen molar-refractivity contribution in [3.8, 4) is 0 Å². The van der Waals surface area contributed by atoms with Crippen molar-refractivity contribution in [1.82, 2.24) is 50.9 Å². The number of hydrogen-bond acceptors (Lipinski definition) is 13. The molecule has 0 amide bonds. The minimum atomic E-state index is 0. The average molecular weight is 1040 g/mol. The van der Waals surface area contributed by atoms with E-state index in [0.717, 1.165) is 69.8 Å². The van der Waals surface area contributed by atoms with Gasteiger partial charge in [-0.2, -0.15) is 15.0 Å². The SMILES string of the molecule is C.C.CN(CCCCCCN(C)C1CC(C)(C)NC(C)(C)C1)C1CC(C)(C)NC(C)(C)C1.Cc1nc(N2CCOCC2)nc(N(CCCCCCN(C)C2CC(C)(C)NC(C)(C)C2)C2CC(C)(C)NC(C)(C)C2)n1. The Bertz CT molecular complexity index is 1690. The zero-order valence-corrected chi connectivity index (χ0v) is 50.8. The number of hydrogen-bond donors (Lipinski definition) is 4. The molecule has 1 aromatic heterocycles. The van der Waals surface area contributed by atoms with E-state index in [1.54, 1.807) is 0 Å². The number of aromatic nitrogens is 3. The number of piperidine rings is 4. The fourth-order valence-electron chi connectivity index (χ4n) is 14.8. The van der Waals surface area contributed by atoms with E-state index >= 15 is 0 Å². The Morgan fingerprint density at radius 3 is 1.01 bits per heavy atom. The standard InChI is InChI=1S/C33H62N8O.C26H54N4.2CH4/c1-25-34-28(40-17-19-42-20-18-40)36-29(35-25)41(27-23-32(6,7)38-33(8,9)24-27)16-14-12-11-13-15-39(10)26-21-30(2,3)37-31(4,5)22-26;1-23(2)17-21(18-24(3,4)27-23)29(9)15-13-11-12-14-16-30(10)22-19-25(5,6)28-26(7,8)20-22;;/h26-27,37-38H,11-24H2,1-10H3;21-22,27-28H,11-20H2,1-10H3;2*1H4. The van der Waals surface area contributed by atoms with Crippen LogP contribution >= 0.6 is 0 Å². The van der Waals surface area contributed by atoms with Crippen molar-refractivity contribution in [2.24, 2.45) is 0 Å². The Kier molecular flexibility index (Phi) is 24.3. The maximum absolute atomic E-state index is 5.59. The molecule has 0 saturated carbocycles.